The predicted octanol–water partition coefficient (Wildman–Crippen LogP) is 7.34. The van der Waals surface area contributed by atoms with E-state index >= 15 is 0 Å². The highest BCUT2D eigenvalue weighted by Gasteiger charge is 2.36. The lowest BCUT2D eigenvalue weighted by molar-refractivity contribution is 0.00694. The summed E-state index contributed by atoms with van der Waals surface area (Å²) in [7, 11) is -0.284. The summed E-state index contributed by atoms with van der Waals surface area (Å²) in [6, 6.07) is 8.65. The molecule has 0 bridgehead atoms. The zero-order valence-electron chi connectivity index (χ0n) is 26.0. The Hall–Kier alpha value is -3.76. The maximum Gasteiger partial charge on any atom is 0.338 e. The number of rotatable bonds is 9. The molecule has 226 valence electrons. The van der Waals surface area contributed by atoms with E-state index in [9.17, 15) is 18.8 Å². The van der Waals surface area contributed by atoms with E-state index in [0.717, 1.165) is 0 Å². The number of hydrogen-bond acceptors (Lipinski definition) is 6. The van der Waals surface area contributed by atoms with Gasteiger partial charge in [-0.05, 0) is 87.3 Å². The van der Waals surface area contributed by atoms with Crippen LogP contribution in [-0.4, -0.2) is 44.4 Å². The van der Waals surface area contributed by atoms with Crippen molar-refractivity contribution in [2.45, 2.75) is 71.7 Å². The van der Waals surface area contributed by atoms with Crippen molar-refractivity contribution in [1.29, 1.82) is 0 Å². The van der Waals surface area contributed by atoms with Gasteiger partial charge in [-0.2, -0.15) is 0 Å². The second-order valence-corrected chi connectivity index (χ2v) is 17.5. The summed E-state index contributed by atoms with van der Waals surface area (Å²) >= 11 is 0. The van der Waals surface area contributed by atoms with Gasteiger partial charge in [0.25, 0.3) is 11.5 Å². The van der Waals surface area contributed by atoms with Crippen LogP contribution in [0.5, 0.6) is 0 Å². The molecule has 1 aromatic heterocycles. The molecule has 0 atom stereocenters. The minimum Gasteiger partial charge on any atom is -0.456 e. The first kappa shape index (κ1) is 32.7. The Morgan fingerprint density at radius 2 is 1.71 bits per heavy atom. The summed E-state index contributed by atoms with van der Waals surface area (Å²) in [5.74, 6) is -1.67. The number of amides is 1. The molecule has 0 aliphatic heterocycles. The van der Waals surface area contributed by atoms with Gasteiger partial charge in [-0.1, -0.05) is 32.9 Å². The van der Waals surface area contributed by atoms with Gasteiger partial charge in [-0.25, -0.2) is 9.18 Å². The Balaban J connectivity index is 1.92. The van der Waals surface area contributed by atoms with Gasteiger partial charge in [-0.15, -0.1) is 0 Å². The van der Waals surface area contributed by atoms with Gasteiger partial charge >= 0.3 is 5.97 Å². The molecule has 0 saturated heterocycles. The lowest BCUT2D eigenvalue weighted by Gasteiger charge is -2.36. The van der Waals surface area contributed by atoms with Crippen molar-refractivity contribution in [2.75, 3.05) is 24.3 Å². The van der Waals surface area contributed by atoms with Crippen LogP contribution in [0, 0.1) is 5.82 Å². The number of ether oxygens (including phenoxy) is 1. The van der Waals surface area contributed by atoms with E-state index in [1.54, 1.807) is 52.1 Å². The number of carbonyl (C=O) groups is 2. The molecule has 8 nitrogen and oxygen atoms in total. The van der Waals surface area contributed by atoms with Crippen molar-refractivity contribution in [1.82, 2.24) is 4.98 Å². The molecule has 0 aliphatic rings. The third-order valence-corrected chi connectivity index (χ3v) is 11.8. The van der Waals surface area contributed by atoms with Crippen LogP contribution in [0.15, 0.2) is 47.3 Å². The van der Waals surface area contributed by atoms with Crippen LogP contribution >= 0.6 is 0 Å². The van der Waals surface area contributed by atoms with Gasteiger partial charge in [0.1, 0.15) is 17.0 Å². The number of anilines is 2. The second-order valence-electron chi connectivity index (χ2n) is 12.7. The molecule has 0 fully saturated rings. The Morgan fingerprint density at radius 3 is 2.33 bits per heavy atom. The molecule has 1 amide bonds. The smallest absolute Gasteiger partial charge is 0.338 e. The van der Waals surface area contributed by atoms with E-state index in [1.807, 2.05) is 6.08 Å². The first-order valence-corrected chi connectivity index (χ1v) is 16.9. The standard InChI is InChI=1S/C32H42FN3O5Si/c1-31(2,3)41-30(39)21-13-14-25(20(16-21)12-10-11-15-40-42(8,9)32(4,5)6)35-28(37)24-18-22-17-23(33)19-26(34-7)27(22)36-29(24)38/h10,12-14,16-19,34H,11,15H2,1-9H3,(H,35,37)(H,36,38)/b12-10+. The molecule has 3 rings (SSSR count). The third kappa shape index (κ3) is 8.16. The maximum atomic E-state index is 14.1. The first-order valence-electron chi connectivity index (χ1n) is 14.0. The Morgan fingerprint density at radius 1 is 1.02 bits per heavy atom. The maximum absolute atomic E-state index is 14.1. The van der Waals surface area contributed by atoms with Crippen LogP contribution < -0.4 is 16.2 Å². The average molecular weight is 596 g/mol. The van der Waals surface area contributed by atoms with Crippen molar-refractivity contribution in [3.8, 4) is 0 Å². The fraction of sp³-hybridized carbons (Fsp3) is 0.406. The second kappa shape index (κ2) is 12.6. The van der Waals surface area contributed by atoms with Crippen LogP contribution in [0.3, 0.4) is 0 Å². The zero-order chi connectivity index (χ0) is 31.5. The van der Waals surface area contributed by atoms with Gasteiger partial charge in [0, 0.05) is 24.7 Å². The van der Waals surface area contributed by atoms with Crippen molar-refractivity contribution >= 4 is 48.5 Å². The van der Waals surface area contributed by atoms with Crippen molar-refractivity contribution in [3.63, 3.8) is 0 Å². The summed E-state index contributed by atoms with van der Waals surface area (Å²) < 4.78 is 25.9. The lowest BCUT2D eigenvalue weighted by Crippen LogP contribution is -2.40. The van der Waals surface area contributed by atoms with E-state index < -0.39 is 37.2 Å². The number of aromatic nitrogens is 1. The molecule has 0 spiro atoms. The summed E-state index contributed by atoms with van der Waals surface area (Å²) in [5.41, 5.74) is 0.590. The molecule has 2 aromatic carbocycles. The fourth-order valence-corrected chi connectivity index (χ4v) is 4.99. The number of hydrogen-bond donors (Lipinski definition) is 3. The molecule has 0 unspecified atom stereocenters. The largest absolute Gasteiger partial charge is 0.456 e. The minimum absolute atomic E-state index is 0.0942. The zero-order valence-corrected chi connectivity index (χ0v) is 27.0. The quantitative estimate of drug-likeness (QED) is 0.136. The van der Waals surface area contributed by atoms with Crippen molar-refractivity contribution in [2.24, 2.45) is 0 Å². The first-order chi connectivity index (χ1) is 19.4. The molecule has 3 aromatic rings. The number of benzene rings is 2. The molecule has 1 heterocycles. The number of pyridine rings is 1. The van der Waals surface area contributed by atoms with E-state index in [4.69, 9.17) is 9.16 Å². The molecular weight excluding hydrogens is 553 g/mol. The van der Waals surface area contributed by atoms with Gasteiger partial charge in [0.15, 0.2) is 8.32 Å². The topological polar surface area (TPSA) is 110 Å². The fourth-order valence-electron chi connectivity index (χ4n) is 3.93. The third-order valence-electron chi connectivity index (χ3n) is 7.22. The Bertz CT molecular complexity index is 1570. The number of aromatic amines is 1. The van der Waals surface area contributed by atoms with E-state index in [2.05, 4.69) is 49.5 Å². The van der Waals surface area contributed by atoms with Crippen LogP contribution in [0.1, 0.15) is 74.2 Å². The summed E-state index contributed by atoms with van der Waals surface area (Å²) in [6.45, 7) is 16.8. The van der Waals surface area contributed by atoms with Crippen molar-refractivity contribution < 1.29 is 23.1 Å². The van der Waals surface area contributed by atoms with Crippen LogP contribution in [0.25, 0.3) is 17.0 Å². The number of nitrogens with one attached hydrogen (secondary N) is 3. The molecule has 0 saturated carbocycles. The number of carbonyl (C=O) groups excluding carboxylic acids is 2. The van der Waals surface area contributed by atoms with Crippen LogP contribution in [0.2, 0.25) is 18.1 Å². The molecule has 0 radical (unpaired) electrons. The highest BCUT2D eigenvalue weighted by Crippen LogP contribution is 2.36. The number of halogens is 1. The molecule has 0 aliphatic carbocycles. The van der Waals surface area contributed by atoms with Crippen LogP contribution in [0.4, 0.5) is 15.8 Å². The minimum atomic E-state index is -1.90. The monoisotopic (exact) mass is 595 g/mol. The van der Waals surface area contributed by atoms with Gasteiger partial charge in [0.2, 0.25) is 0 Å². The average Bonchev–Trinajstić information content (AvgIpc) is 2.86. The molecule has 3 N–H and O–H groups in total. The number of H-pyrrole nitrogens is 1. The van der Waals surface area contributed by atoms with Gasteiger partial charge in [-0.3, -0.25) is 9.59 Å². The summed E-state index contributed by atoms with van der Waals surface area (Å²) in [6.07, 6.45) is 4.35. The summed E-state index contributed by atoms with van der Waals surface area (Å²) in [4.78, 5) is 41.6. The number of esters is 1. The SMILES string of the molecule is CNc1cc(F)cc2cc(C(=O)Nc3ccc(C(=O)OC(C)(C)C)cc3/C=C/CCO[Si](C)(C)C(C)(C)C)c(=O)[nH]c12. The van der Waals surface area contributed by atoms with Crippen LogP contribution in [-0.2, 0) is 9.16 Å². The highest BCUT2D eigenvalue weighted by molar-refractivity contribution is 6.74. The summed E-state index contributed by atoms with van der Waals surface area (Å²) in [5, 5.41) is 6.08. The predicted molar refractivity (Wildman–Crippen MR) is 170 cm³/mol. The van der Waals surface area contributed by atoms with Gasteiger partial charge < -0.3 is 24.8 Å². The highest BCUT2D eigenvalue weighted by atomic mass is 28.4. The molecule has 42 heavy (non-hydrogen) atoms. The Labute approximate surface area is 247 Å². The van der Waals surface area contributed by atoms with E-state index in [1.165, 1.54) is 18.2 Å². The van der Waals surface area contributed by atoms with E-state index in [-0.39, 0.29) is 10.6 Å². The number of fused-ring (bicyclic) bond motifs is 1. The molecular formula is C32H42FN3O5Si. The van der Waals surface area contributed by atoms with E-state index in [0.29, 0.717) is 46.4 Å². The lowest BCUT2D eigenvalue weighted by atomic mass is 10.1. The van der Waals surface area contributed by atoms with Crippen molar-refractivity contribution in [3.05, 3.63) is 75.3 Å². The molecule has 10 heteroatoms. The van der Waals surface area contributed by atoms with Gasteiger partial charge in [0.05, 0.1) is 16.8 Å². The normalized spacial score (nSPS) is 12.5. The Kier molecular flexibility index (Phi) is 9.84.